The van der Waals surface area contributed by atoms with Crippen LogP contribution in [0.15, 0.2) is 30.5 Å². The predicted octanol–water partition coefficient (Wildman–Crippen LogP) is 2.82. The molecular weight excluding hydrogens is 172 g/mol. The molecule has 0 bridgehead atoms. The van der Waals surface area contributed by atoms with Crippen LogP contribution in [-0.4, -0.2) is 4.98 Å². The second-order valence-corrected chi connectivity index (χ2v) is 4.06. The van der Waals surface area contributed by atoms with Gasteiger partial charge in [-0.05, 0) is 17.5 Å². The van der Waals surface area contributed by atoms with Gasteiger partial charge < -0.3 is 10.7 Å². The van der Waals surface area contributed by atoms with E-state index < -0.39 is 0 Å². The van der Waals surface area contributed by atoms with Crippen LogP contribution < -0.4 is 5.73 Å². The number of aromatic nitrogens is 1. The number of fused-ring (bicyclic) bond motifs is 1. The molecule has 0 radical (unpaired) electrons. The monoisotopic (exact) mass is 188 g/mol. The van der Waals surface area contributed by atoms with Crippen molar-refractivity contribution in [3.8, 4) is 0 Å². The summed E-state index contributed by atoms with van der Waals surface area (Å²) < 4.78 is 0. The lowest BCUT2D eigenvalue weighted by Gasteiger charge is -2.14. The third-order valence-electron chi connectivity index (χ3n) is 2.70. The number of hydrogen-bond donors (Lipinski definition) is 2. The van der Waals surface area contributed by atoms with E-state index in [9.17, 15) is 0 Å². The van der Waals surface area contributed by atoms with Gasteiger partial charge in [-0.15, -0.1) is 0 Å². The van der Waals surface area contributed by atoms with Gasteiger partial charge in [0.2, 0.25) is 0 Å². The molecule has 0 saturated carbocycles. The molecule has 0 saturated heterocycles. The average Bonchev–Trinajstić information content (AvgIpc) is 2.60. The zero-order valence-corrected chi connectivity index (χ0v) is 8.62. The number of hydrogen-bond acceptors (Lipinski definition) is 1. The Balaban J connectivity index is 2.53. The Morgan fingerprint density at radius 2 is 1.93 bits per heavy atom. The Labute approximate surface area is 84.1 Å². The molecule has 14 heavy (non-hydrogen) atoms. The van der Waals surface area contributed by atoms with Crippen LogP contribution in [0.5, 0.6) is 0 Å². The molecule has 2 nitrogen and oxygen atoms in total. The zero-order chi connectivity index (χ0) is 10.1. The largest absolute Gasteiger partial charge is 0.361 e. The quantitative estimate of drug-likeness (QED) is 0.747. The van der Waals surface area contributed by atoms with Gasteiger partial charge in [-0.25, -0.2) is 0 Å². The molecule has 0 aliphatic rings. The van der Waals surface area contributed by atoms with E-state index in [2.05, 4.69) is 31.0 Å². The van der Waals surface area contributed by atoms with Crippen molar-refractivity contribution < 1.29 is 0 Å². The highest BCUT2D eigenvalue weighted by Crippen LogP contribution is 2.26. The highest BCUT2D eigenvalue weighted by atomic mass is 14.7. The molecule has 1 aromatic carbocycles. The van der Waals surface area contributed by atoms with Crippen molar-refractivity contribution in [2.24, 2.45) is 11.7 Å². The fourth-order valence-electron chi connectivity index (χ4n) is 1.73. The molecular formula is C12H16N2. The third kappa shape index (κ3) is 1.42. The Hall–Kier alpha value is -1.28. The minimum Gasteiger partial charge on any atom is -0.361 e. The number of aromatic amines is 1. The van der Waals surface area contributed by atoms with Crippen LogP contribution in [-0.2, 0) is 0 Å². The van der Waals surface area contributed by atoms with Crippen LogP contribution in [0.25, 0.3) is 10.9 Å². The second-order valence-electron chi connectivity index (χ2n) is 4.06. The van der Waals surface area contributed by atoms with Crippen molar-refractivity contribution in [2.45, 2.75) is 19.9 Å². The van der Waals surface area contributed by atoms with Crippen molar-refractivity contribution in [1.29, 1.82) is 0 Å². The number of para-hydroxylation sites is 1. The van der Waals surface area contributed by atoms with Crippen LogP contribution in [0.2, 0.25) is 0 Å². The van der Waals surface area contributed by atoms with Crippen molar-refractivity contribution in [3.63, 3.8) is 0 Å². The first-order valence-electron chi connectivity index (χ1n) is 5.01. The minimum atomic E-state index is 0.117. The van der Waals surface area contributed by atoms with Gasteiger partial charge in [-0.2, -0.15) is 0 Å². The SMILES string of the molecule is CC(C)[C@H](N)c1c[nH]c2ccccc12. The maximum atomic E-state index is 6.13. The van der Waals surface area contributed by atoms with Gasteiger partial charge in [0.1, 0.15) is 0 Å². The maximum Gasteiger partial charge on any atom is 0.0457 e. The Bertz CT molecular complexity index is 429. The van der Waals surface area contributed by atoms with Gasteiger partial charge in [0.05, 0.1) is 0 Å². The molecule has 3 N–H and O–H groups in total. The summed E-state index contributed by atoms with van der Waals surface area (Å²) in [5.41, 5.74) is 8.51. The molecule has 1 heterocycles. The first-order chi connectivity index (χ1) is 6.70. The lowest BCUT2D eigenvalue weighted by Crippen LogP contribution is -2.16. The third-order valence-corrected chi connectivity index (χ3v) is 2.70. The molecule has 2 aromatic rings. The van der Waals surface area contributed by atoms with Gasteiger partial charge in [-0.1, -0.05) is 32.0 Å². The van der Waals surface area contributed by atoms with Crippen LogP contribution in [0.1, 0.15) is 25.5 Å². The van der Waals surface area contributed by atoms with Crippen LogP contribution in [0, 0.1) is 5.92 Å². The molecule has 2 heteroatoms. The summed E-state index contributed by atoms with van der Waals surface area (Å²) in [4.78, 5) is 3.24. The van der Waals surface area contributed by atoms with Crippen molar-refractivity contribution in [3.05, 3.63) is 36.0 Å². The summed E-state index contributed by atoms with van der Waals surface area (Å²) in [6.07, 6.45) is 2.02. The summed E-state index contributed by atoms with van der Waals surface area (Å²) in [7, 11) is 0. The van der Waals surface area contributed by atoms with Crippen LogP contribution >= 0.6 is 0 Å². The number of nitrogens with one attached hydrogen (secondary N) is 1. The number of nitrogens with two attached hydrogens (primary N) is 1. The molecule has 0 amide bonds. The normalized spacial score (nSPS) is 13.7. The highest BCUT2D eigenvalue weighted by Gasteiger charge is 2.14. The van der Waals surface area contributed by atoms with E-state index in [-0.39, 0.29) is 6.04 Å². The molecule has 1 aromatic heterocycles. The van der Waals surface area contributed by atoms with Gasteiger partial charge in [0, 0.05) is 23.1 Å². The van der Waals surface area contributed by atoms with E-state index in [1.54, 1.807) is 0 Å². The Morgan fingerprint density at radius 3 is 2.64 bits per heavy atom. The second kappa shape index (κ2) is 3.46. The number of rotatable bonds is 2. The van der Waals surface area contributed by atoms with E-state index in [1.165, 1.54) is 16.5 Å². The minimum absolute atomic E-state index is 0.117. The summed E-state index contributed by atoms with van der Waals surface area (Å²) in [6.45, 7) is 4.29. The lowest BCUT2D eigenvalue weighted by molar-refractivity contribution is 0.517. The average molecular weight is 188 g/mol. The maximum absolute atomic E-state index is 6.13. The molecule has 0 fully saturated rings. The van der Waals surface area contributed by atoms with Crippen molar-refractivity contribution in [1.82, 2.24) is 4.98 Å². The fourth-order valence-corrected chi connectivity index (χ4v) is 1.73. The van der Waals surface area contributed by atoms with Gasteiger partial charge in [0.15, 0.2) is 0 Å². The smallest absolute Gasteiger partial charge is 0.0457 e. The van der Waals surface area contributed by atoms with Crippen LogP contribution in [0.4, 0.5) is 0 Å². The summed E-state index contributed by atoms with van der Waals surface area (Å²) in [5.74, 6) is 0.467. The Kier molecular flexibility index (Phi) is 2.30. The standard InChI is InChI=1S/C12H16N2/c1-8(2)12(13)10-7-14-11-6-4-3-5-9(10)11/h3-8,12,14H,13H2,1-2H3/t12-/m0/s1. The number of H-pyrrole nitrogens is 1. The molecule has 0 spiro atoms. The van der Waals surface area contributed by atoms with Gasteiger partial charge in [-0.3, -0.25) is 0 Å². The van der Waals surface area contributed by atoms with E-state index in [4.69, 9.17) is 5.73 Å². The van der Waals surface area contributed by atoms with Gasteiger partial charge >= 0.3 is 0 Å². The van der Waals surface area contributed by atoms with Crippen molar-refractivity contribution in [2.75, 3.05) is 0 Å². The zero-order valence-electron chi connectivity index (χ0n) is 8.62. The predicted molar refractivity (Wildman–Crippen MR) is 60.1 cm³/mol. The van der Waals surface area contributed by atoms with E-state index in [0.717, 1.165) is 0 Å². The summed E-state index contributed by atoms with van der Waals surface area (Å²) in [5, 5.41) is 1.24. The molecule has 1 atom stereocenters. The van der Waals surface area contributed by atoms with E-state index in [1.807, 2.05) is 18.3 Å². The van der Waals surface area contributed by atoms with Crippen LogP contribution in [0.3, 0.4) is 0 Å². The summed E-state index contributed by atoms with van der Waals surface area (Å²) >= 11 is 0. The molecule has 0 aliphatic heterocycles. The summed E-state index contributed by atoms with van der Waals surface area (Å²) in [6, 6.07) is 8.39. The number of benzene rings is 1. The van der Waals surface area contributed by atoms with Gasteiger partial charge in [0.25, 0.3) is 0 Å². The van der Waals surface area contributed by atoms with E-state index in [0.29, 0.717) is 5.92 Å². The lowest BCUT2D eigenvalue weighted by atomic mass is 9.97. The first-order valence-corrected chi connectivity index (χ1v) is 5.01. The fraction of sp³-hybridized carbons (Fsp3) is 0.333. The highest BCUT2D eigenvalue weighted by molar-refractivity contribution is 5.83. The Morgan fingerprint density at radius 1 is 1.21 bits per heavy atom. The molecule has 0 unspecified atom stereocenters. The molecule has 2 rings (SSSR count). The first kappa shape index (κ1) is 9.28. The van der Waals surface area contributed by atoms with E-state index >= 15 is 0 Å². The molecule has 74 valence electrons. The molecule has 0 aliphatic carbocycles. The van der Waals surface area contributed by atoms with Crippen molar-refractivity contribution >= 4 is 10.9 Å². The topological polar surface area (TPSA) is 41.8 Å².